The molecular formula is C24H35N5O3S. The summed E-state index contributed by atoms with van der Waals surface area (Å²) in [5, 5.41) is 15.2. The minimum atomic E-state index is -1.34. The number of piperidine rings is 2. The van der Waals surface area contributed by atoms with Crippen LogP contribution in [0.15, 0.2) is 6.07 Å². The average Bonchev–Trinajstić information content (AvgIpc) is 3.07. The predicted octanol–water partition coefficient (Wildman–Crippen LogP) is 2.45. The van der Waals surface area contributed by atoms with Crippen molar-refractivity contribution in [2.75, 3.05) is 31.9 Å². The molecule has 2 fully saturated rings. The van der Waals surface area contributed by atoms with E-state index in [1.54, 1.807) is 0 Å². The van der Waals surface area contributed by atoms with Crippen LogP contribution in [0.4, 0.5) is 5.00 Å². The fourth-order valence-electron chi connectivity index (χ4n) is 5.00. The summed E-state index contributed by atoms with van der Waals surface area (Å²) >= 11 is 1.37. The van der Waals surface area contributed by atoms with Crippen LogP contribution in [0.2, 0.25) is 0 Å². The van der Waals surface area contributed by atoms with E-state index < -0.39 is 5.60 Å². The van der Waals surface area contributed by atoms with Gasteiger partial charge in [-0.25, -0.2) is 4.98 Å². The molecule has 4 rings (SSSR count). The monoisotopic (exact) mass is 473 g/mol. The number of carbonyl (C=O) groups is 2. The molecule has 33 heavy (non-hydrogen) atoms. The fraction of sp³-hybridized carbons (Fsp3) is 0.625. The molecule has 2 aliphatic rings. The minimum Gasteiger partial charge on any atom is -0.390 e. The van der Waals surface area contributed by atoms with Gasteiger partial charge in [-0.05, 0) is 71.6 Å². The number of thiophene rings is 1. The van der Waals surface area contributed by atoms with Gasteiger partial charge in [0.1, 0.15) is 9.83 Å². The summed E-state index contributed by atoms with van der Waals surface area (Å²) in [5.41, 5.74) is 7.48. The Kier molecular flexibility index (Phi) is 6.66. The Labute approximate surface area is 199 Å². The van der Waals surface area contributed by atoms with Gasteiger partial charge >= 0.3 is 0 Å². The molecule has 2 aliphatic heterocycles. The number of hydrogen-bond donors (Lipinski definition) is 3. The zero-order valence-corrected chi connectivity index (χ0v) is 20.8. The second kappa shape index (κ2) is 9.19. The molecule has 0 spiro atoms. The molecule has 2 aromatic rings. The van der Waals surface area contributed by atoms with Gasteiger partial charge in [0.2, 0.25) is 0 Å². The molecule has 9 heteroatoms. The number of carbonyl (C=O) groups excluding carboxylic acids is 2. The van der Waals surface area contributed by atoms with Crippen molar-refractivity contribution in [1.82, 2.24) is 20.1 Å². The molecule has 2 saturated heterocycles. The molecule has 180 valence electrons. The first kappa shape index (κ1) is 23.9. The standard InChI is InChI=1S/C24H35N5O3S/c1-14(2)26-23(31)24(32)8-5-9-29(13-24)17-6-10-28(11-7-17)22(30)19-18-12-15(3)16(4)27-21(18)33-20(19)25/h12,14,17,32H,5-11,13,25H2,1-4H3,(H,26,31). The number of aryl methyl sites for hydroxylation is 2. The molecule has 0 aliphatic carbocycles. The van der Waals surface area contributed by atoms with Crippen molar-refractivity contribution in [3.05, 3.63) is 22.9 Å². The molecule has 4 heterocycles. The van der Waals surface area contributed by atoms with Crippen LogP contribution in [-0.2, 0) is 4.79 Å². The number of aliphatic hydroxyl groups is 1. The first-order valence-corrected chi connectivity index (χ1v) is 12.6. The van der Waals surface area contributed by atoms with Gasteiger partial charge in [-0.1, -0.05) is 11.3 Å². The number of nitrogens with zero attached hydrogens (tertiary/aromatic N) is 3. The van der Waals surface area contributed by atoms with E-state index in [0.717, 1.165) is 47.3 Å². The Morgan fingerprint density at radius 2 is 1.97 bits per heavy atom. The number of likely N-dealkylation sites (tertiary alicyclic amines) is 2. The van der Waals surface area contributed by atoms with Crippen LogP contribution in [0.1, 0.15) is 61.1 Å². The molecule has 0 aromatic carbocycles. The van der Waals surface area contributed by atoms with Crippen molar-refractivity contribution < 1.29 is 14.7 Å². The lowest BCUT2D eigenvalue weighted by Gasteiger charge is -2.44. The lowest BCUT2D eigenvalue weighted by atomic mass is 9.89. The molecule has 1 atom stereocenters. The summed E-state index contributed by atoms with van der Waals surface area (Å²) in [5.74, 6) is -0.317. The number of β-amino-alcohol motifs (C(OH)–C–C–N with tert-alkyl or cyclic N) is 1. The summed E-state index contributed by atoms with van der Waals surface area (Å²) < 4.78 is 0. The van der Waals surface area contributed by atoms with E-state index in [1.807, 2.05) is 38.7 Å². The van der Waals surface area contributed by atoms with Crippen molar-refractivity contribution >= 4 is 38.4 Å². The molecule has 0 bridgehead atoms. The normalized spacial score (nSPS) is 22.8. The van der Waals surface area contributed by atoms with Gasteiger partial charge in [-0.15, -0.1) is 0 Å². The maximum atomic E-state index is 13.4. The van der Waals surface area contributed by atoms with Crippen molar-refractivity contribution in [3.63, 3.8) is 0 Å². The largest absolute Gasteiger partial charge is 0.390 e. The highest BCUT2D eigenvalue weighted by atomic mass is 32.1. The highest BCUT2D eigenvalue weighted by Gasteiger charge is 2.42. The first-order chi connectivity index (χ1) is 15.6. The van der Waals surface area contributed by atoms with Gasteiger partial charge in [0, 0.05) is 42.8 Å². The third-order valence-corrected chi connectivity index (χ3v) is 7.91. The van der Waals surface area contributed by atoms with Gasteiger partial charge in [-0.3, -0.25) is 14.5 Å². The van der Waals surface area contributed by atoms with E-state index in [2.05, 4.69) is 15.2 Å². The Bertz CT molecular complexity index is 1060. The van der Waals surface area contributed by atoms with Gasteiger partial charge in [0.05, 0.1) is 5.56 Å². The van der Waals surface area contributed by atoms with Crippen LogP contribution < -0.4 is 11.1 Å². The smallest absolute Gasteiger partial charge is 0.257 e. The Hall–Kier alpha value is -2.23. The van der Waals surface area contributed by atoms with Crippen LogP contribution in [-0.4, -0.2) is 75.6 Å². The first-order valence-electron chi connectivity index (χ1n) is 11.8. The maximum Gasteiger partial charge on any atom is 0.257 e. The maximum absolute atomic E-state index is 13.4. The van der Waals surface area contributed by atoms with E-state index in [4.69, 9.17) is 5.73 Å². The zero-order chi connectivity index (χ0) is 23.9. The van der Waals surface area contributed by atoms with Gasteiger partial charge < -0.3 is 21.1 Å². The van der Waals surface area contributed by atoms with Crippen LogP contribution >= 0.6 is 11.3 Å². The van der Waals surface area contributed by atoms with Gasteiger partial charge in [0.25, 0.3) is 11.8 Å². The number of nitrogens with two attached hydrogens (primary N) is 1. The third-order valence-electron chi connectivity index (χ3n) is 6.98. The molecule has 2 amide bonds. The van der Waals surface area contributed by atoms with Crippen LogP contribution in [0.3, 0.4) is 0 Å². The summed E-state index contributed by atoms with van der Waals surface area (Å²) in [6.07, 6.45) is 2.89. The second-order valence-electron chi connectivity index (χ2n) is 9.84. The van der Waals surface area contributed by atoms with Crippen LogP contribution in [0, 0.1) is 13.8 Å². The Balaban J connectivity index is 1.43. The van der Waals surface area contributed by atoms with Gasteiger partial charge in [-0.2, -0.15) is 0 Å². The summed E-state index contributed by atoms with van der Waals surface area (Å²) in [6.45, 7) is 10.2. The summed E-state index contributed by atoms with van der Waals surface area (Å²) in [4.78, 5) is 35.5. The van der Waals surface area contributed by atoms with Crippen LogP contribution in [0.25, 0.3) is 10.2 Å². The summed E-state index contributed by atoms with van der Waals surface area (Å²) in [6, 6.07) is 2.26. The quantitative estimate of drug-likeness (QED) is 0.629. The van der Waals surface area contributed by atoms with E-state index >= 15 is 0 Å². The topological polar surface area (TPSA) is 112 Å². The van der Waals surface area contributed by atoms with Crippen molar-refractivity contribution in [2.45, 2.75) is 71.1 Å². The zero-order valence-electron chi connectivity index (χ0n) is 20.0. The van der Waals surface area contributed by atoms with Crippen molar-refractivity contribution in [2.24, 2.45) is 0 Å². The molecule has 0 radical (unpaired) electrons. The molecular weight excluding hydrogens is 438 g/mol. The van der Waals surface area contributed by atoms with E-state index in [1.165, 1.54) is 11.3 Å². The lowest BCUT2D eigenvalue weighted by molar-refractivity contribution is -0.147. The number of aromatic nitrogens is 1. The molecule has 8 nitrogen and oxygen atoms in total. The number of nitrogens with one attached hydrogen (secondary N) is 1. The third kappa shape index (κ3) is 4.72. The average molecular weight is 474 g/mol. The summed E-state index contributed by atoms with van der Waals surface area (Å²) in [7, 11) is 0. The number of anilines is 1. The number of nitrogen functional groups attached to an aromatic ring is 1. The minimum absolute atomic E-state index is 0.00493. The molecule has 0 saturated carbocycles. The molecule has 4 N–H and O–H groups in total. The fourth-order valence-corrected chi connectivity index (χ4v) is 5.96. The Morgan fingerprint density at radius 3 is 2.64 bits per heavy atom. The molecule has 1 unspecified atom stereocenters. The SMILES string of the molecule is Cc1cc2c(C(=O)N3CCC(N4CCCC(O)(C(=O)NC(C)C)C4)CC3)c(N)sc2nc1C. The van der Waals surface area contributed by atoms with Gasteiger partial charge in [0.15, 0.2) is 5.60 Å². The van der Waals surface area contributed by atoms with E-state index in [0.29, 0.717) is 36.6 Å². The highest BCUT2D eigenvalue weighted by molar-refractivity contribution is 7.22. The van der Waals surface area contributed by atoms with Crippen molar-refractivity contribution in [1.29, 1.82) is 0 Å². The van der Waals surface area contributed by atoms with Crippen LogP contribution in [0.5, 0.6) is 0 Å². The number of hydrogen-bond acceptors (Lipinski definition) is 7. The van der Waals surface area contributed by atoms with Crippen molar-refractivity contribution in [3.8, 4) is 0 Å². The predicted molar refractivity (Wildman–Crippen MR) is 131 cm³/mol. The number of amides is 2. The number of rotatable bonds is 4. The Morgan fingerprint density at radius 1 is 1.27 bits per heavy atom. The van der Waals surface area contributed by atoms with E-state index in [-0.39, 0.29) is 23.9 Å². The highest BCUT2D eigenvalue weighted by Crippen LogP contribution is 2.35. The van der Waals surface area contributed by atoms with E-state index in [9.17, 15) is 14.7 Å². The number of fused-ring (bicyclic) bond motifs is 1. The molecule has 2 aromatic heterocycles. The lowest BCUT2D eigenvalue weighted by Crippen LogP contribution is -2.60. The second-order valence-corrected chi connectivity index (χ2v) is 10.9. The number of pyridine rings is 1.